The lowest BCUT2D eigenvalue weighted by molar-refractivity contribution is -0.384. The van der Waals surface area contributed by atoms with Crippen molar-refractivity contribution in [1.29, 1.82) is 0 Å². The quantitative estimate of drug-likeness (QED) is 0.569. The van der Waals surface area contributed by atoms with Crippen LogP contribution >= 0.6 is 0 Å². The van der Waals surface area contributed by atoms with Crippen LogP contribution in [0, 0.1) is 17.0 Å². The van der Waals surface area contributed by atoms with E-state index in [2.05, 4.69) is 22.0 Å². The third-order valence-electron chi connectivity index (χ3n) is 3.81. The number of nitrogens with zero attached hydrogens (tertiary/aromatic N) is 5. The molecule has 0 bridgehead atoms. The van der Waals surface area contributed by atoms with Crippen molar-refractivity contribution < 1.29 is 4.92 Å². The van der Waals surface area contributed by atoms with Crippen LogP contribution < -0.4 is 5.73 Å². The van der Waals surface area contributed by atoms with E-state index >= 15 is 0 Å². The minimum Gasteiger partial charge on any atom is -0.383 e. The third kappa shape index (κ3) is 2.78. The first-order valence-electron chi connectivity index (χ1n) is 7.77. The number of anilines is 1. The van der Waals surface area contributed by atoms with Crippen molar-refractivity contribution in [2.45, 2.75) is 33.1 Å². The van der Waals surface area contributed by atoms with E-state index in [1.54, 1.807) is 23.7 Å². The number of unbranched alkanes of at least 4 members (excludes halogenated alkanes) is 1. The predicted molar refractivity (Wildman–Crippen MR) is 91.1 cm³/mol. The van der Waals surface area contributed by atoms with Crippen molar-refractivity contribution in [3.63, 3.8) is 0 Å². The number of hydrogen-bond donors (Lipinski definition) is 1. The van der Waals surface area contributed by atoms with Crippen LogP contribution in [-0.4, -0.2) is 24.7 Å². The first kappa shape index (κ1) is 15.9. The number of aryl methyl sites for hydroxylation is 2. The second-order valence-corrected chi connectivity index (χ2v) is 5.59. The Labute approximate surface area is 138 Å². The Morgan fingerprint density at radius 3 is 2.58 bits per heavy atom. The molecular formula is C16H18N6O2. The van der Waals surface area contributed by atoms with Crippen LogP contribution in [0.3, 0.4) is 0 Å². The van der Waals surface area contributed by atoms with E-state index in [-0.39, 0.29) is 5.69 Å². The number of rotatable bonds is 5. The summed E-state index contributed by atoms with van der Waals surface area (Å²) in [5.41, 5.74) is 8.30. The standard InChI is InChI=1S/C16H18N6O2/c1-3-4-5-13-14-15(17)18-10(2)19-16(14)21(20-13)11-6-8-12(9-7-11)22(23)24/h6-9H,3-5H2,1-2H3,(H2,17,18,19). The average molecular weight is 326 g/mol. The molecule has 0 amide bonds. The fraction of sp³-hybridized carbons (Fsp3) is 0.312. The number of nitrogens with two attached hydrogens (primary N) is 1. The fourth-order valence-corrected chi connectivity index (χ4v) is 2.64. The predicted octanol–water partition coefficient (Wildman–Crippen LogP) is 2.96. The molecule has 2 N–H and O–H groups in total. The van der Waals surface area contributed by atoms with E-state index in [0.717, 1.165) is 30.3 Å². The maximum atomic E-state index is 10.8. The number of nitrogen functional groups attached to an aromatic ring is 1. The molecule has 1 aromatic carbocycles. The lowest BCUT2D eigenvalue weighted by atomic mass is 10.1. The van der Waals surface area contributed by atoms with Gasteiger partial charge in [0.2, 0.25) is 0 Å². The minimum absolute atomic E-state index is 0.0340. The molecule has 0 spiro atoms. The van der Waals surface area contributed by atoms with Gasteiger partial charge in [0.05, 0.1) is 21.7 Å². The SMILES string of the molecule is CCCCc1nn(-c2ccc([N+](=O)[O-])cc2)c2nc(C)nc(N)c12. The minimum atomic E-state index is -0.429. The molecule has 0 aliphatic carbocycles. The second kappa shape index (κ2) is 6.23. The van der Waals surface area contributed by atoms with Crippen molar-refractivity contribution >= 4 is 22.5 Å². The molecule has 0 aliphatic heterocycles. The van der Waals surface area contributed by atoms with Gasteiger partial charge in [-0.05, 0) is 31.9 Å². The average Bonchev–Trinajstić information content (AvgIpc) is 2.91. The Morgan fingerprint density at radius 2 is 1.96 bits per heavy atom. The Hall–Kier alpha value is -3.03. The van der Waals surface area contributed by atoms with E-state index in [0.29, 0.717) is 23.0 Å². The van der Waals surface area contributed by atoms with Gasteiger partial charge >= 0.3 is 0 Å². The van der Waals surface area contributed by atoms with Gasteiger partial charge in [0, 0.05) is 12.1 Å². The summed E-state index contributed by atoms with van der Waals surface area (Å²) < 4.78 is 1.68. The van der Waals surface area contributed by atoms with Gasteiger partial charge in [0.15, 0.2) is 5.65 Å². The maximum Gasteiger partial charge on any atom is 0.269 e. The summed E-state index contributed by atoms with van der Waals surface area (Å²) in [6, 6.07) is 6.21. The Balaban J connectivity index is 2.18. The largest absolute Gasteiger partial charge is 0.383 e. The van der Waals surface area contributed by atoms with Gasteiger partial charge in [-0.2, -0.15) is 5.10 Å². The summed E-state index contributed by atoms with van der Waals surface area (Å²) in [4.78, 5) is 19.1. The molecule has 0 atom stereocenters. The lowest BCUT2D eigenvalue weighted by Gasteiger charge is -2.03. The zero-order chi connectivity index (χ0) is 17.3. The highest BCUT2D eigenvalue weighted by atomic mass is 16.6. The van der Waals surface area contributed by atoms with Gasteiger partial charge in [-0.3, -0.25) is 10.1 Å². The van der Waals surface area contributed by atoms with Crippen LogP contribution in [0.25, 0.3) is 16.7 Å². The van der Waals surface area contributed by atoms with Crippen molar-refractivity contribution in [2.75, 3.05) is 5.73 Å². The summed E-state index contributed by atoms with van der Waals surface area (Å²) in [7, 11) is 0. The molecule has 8 nitrogen and oxygen atoms in total. The molecule has 124 valence electrons. The summed E-state index contributed by atoms with van der Waals surface area (Å²) in [6.45, 7) is 3.88. The molecule has 0 unspecified atom stereocenters. The number of fused-ring (bicyclic) bond motifs is 1. The fourth-order valence-electron chi connectivity index (χ4n) is 2.64. The second-order valence-electron chi connectivity index (χ2n) is 5.59. The third-order valence-corrected chi connectivity index (χ3v) is 3.81. The lowest BCUT2D eigenvalue weighted by Crippen LogP contribution is -2.01. The van der Waals surface area contributed by atoms with Crippen LogP contribution in [0.4, 0.5) is 11.5 Å². The maximum absolute atomic E-state index is 10.8. The molecule has 24 heavy (non-hydrogen) atoms. The highest BCUT2D eigenvalue weighted by Crippen LogP contribution is 2.26. The highest BCUT2D eigenvalue weighted by Gasteiger charge is 2.17. The molecule has 0 saturated carbocycles. The molecule has 0 fully saturated rings. The number of non-ortho nitro benzene ring substituents is 1. The van der Waals surface area contributed by atoms with Crippen molar-refractivity contribution in [1.82, 2.24) is 19.7 Å². The van der Waals surface area contributed by atoms with E-state index in [1.807, 2.05) is 0 Å². The van der Waals surface area contributed by atoms with E-state index < -0.39 is 4.92 Å². The monoisotopic (exact) mass is 326 g/mol. The van der Waals surface area contributed by atoms with Crippen LogP contribution in [-0.2, 0) is 6.42 Å². The molecule has 3 aromatic rings. The van der Waals surface area contributed by atoms with E-state index in [9.17, 15) is 10.1 Å². The summed E-state index contributed by atoms with van der Waals surface area (Å²) in [6.07, 6.45) is 2.81. The Kier molecular flexibility index (Phi) is 4.11. The molecule has 0 saturated heterocycles. The smallest absolute Gasteiger partial charge is 0.269 e. The van der Waals surface area contributed by atoms with Crippen molar-refractivity contribution in [3.05, 3.63) is 45.9 Å². The van der Waals surface area contributed by atoms with Gasteiger partial charge in [0.25, 0.3) is 5.69 Å². The van der Waals surface area contributed by atoms with Gasteiger partial charge in [0.1, 0.15) is 11.6 Å². The zero-order valence-corrected chi connectivity index (χ0v) is 13.6. The summed E-state index contributed by atoms with van der Waals surface area (Å²) in [5.74, 6) is 0.974. The topological polar surface area (TPSA) is 113 Å². The number of benzene rings is 1. The molecule has 2 aromatic heterocycles. The highest BCUT2D eigenvalue weighted by molar-refractivity contribution is 5.89. The molecular weight excluding hydrogens is 308 g/mol. The molecule has 0 radical (unpaired) electrons. The molecule has 8 heteroatoms. The summed E-state index contributed by atoms with van der Waals surface area (Å²) in [5, 5.41) is 16.2. The first-order valence-corrected chi connectivity index (χ1v) is 7.77. The van der Waals surface area contributed by atoms with Crippen LogP contribution in [0.15, 0.2) is 24.3 Å². The van der Waals surface area contributed by atoms with E-state index in [1.165, 1.54) is 12.1 Å². The molecule has 3 rings (SSSR count). The first-order chi connectivity index (χ1) is 11.5. The Bertz CT molecular complexity index is 901. The van der Waals surface area contributed by atoms with E-state index in [4.69, 9.17) is 5.73 Å². The van der Waals surface area contributed by atoms with Gasteiger partial charge < -0.3 is 5.73 Å². The van der Waals surface area contributed by atoms with Crippen molar-refractivity contribution in [3.8, 4) is 5.69 Å². The molecule has 2 heterocycles. The van der Waals surface area contributed by atoms with Crippen LogP contribution in [0.5, 0.6) is 0 Å². The van der Waals surface area contributed by atoms with Gasteiger partial charge in [-0.1, -0.05) is 13.3 Å². The number of nitro benzene ring substituents is 1. The number of aromatic nitrogens is 4. The Morgan fingerprint density at radius 1 is 1.25 bits per heavy atom. The van der Waals surface area contributed by atoms with Gasteiger partial charge in [-0.25, -0.2) is 14.6 Å². The van der Waals surface area contributed by atoms with Crippen LogP contribution in [0.2, 0.25) is 0 Å². The van der Waals surface area contributed by atoms with Crippen molar-refractivity contribution in [2.24, 2.45) is 0 Å². The number of hydrogen-bond acceptors (Lipinski definition) is 6. The normalized spacial score (nSPS) is 11.1. The zero-order valence-electron chi connectivity index (χ0n) is 13.6. The summed E-state index contributed by atoms with van der Waals surface area (Å²) >= 11 is 0. The molecule has 0 aliphatic rings. The number of nitro groups is 1. The van der Waals surface area contributed by atoms with Crippen LogP contribution in [0.1, 0.15) is 31.3 Å². The van der Waals surface area contributed by atoms with Gasteiger partial charge in [-0.15, -0.1) is 0 Å².